The molecule has 2 amide bonds. The standard InChI is InChI=1S/C19H27BrN2O4/c1-11(2)12(3)19(26)22-9-15(24)8-17(22)18(25)21-16(10-23)13-4-6-14(20)7-5-13/h4-7,11-12,15-17,23-24H,8-10H2,1-3H3,(H,21,25). The third-order valence-corrected chi connectivity index (χ3v) is 5.55. The van der Waals surface area contributed by atoms with Crippen LogP contribution in [-0.4, -0.2) is 52.2 Å². The van der Waals surface area contributed by atoms with Crippen LogP contribution in [-0.2, 0) is 9.59 Å². The summed E-state index contributed by atoms with van der Waals surface area (Å²) in [6, 6.07) is 6.03. The molecule has 1 aromatic carbocycles. The molecule has 3 N–H and O–H groups in total. The van der Waals surface area contributed by atoms with E-state index in [1.54, 1.807) is 0 Å². The van der Waals surface area contributed by atoms with Crippen LogP contribution in [0.1, 0.15) is 38.8 Å². The number of hydrogen-bond donors (Lipinski definition) is 3. The van der Waals surface area contributed by atoms with Crippen LogP contribution in [0.3, 0.4) is 0 Å². The fraction of sp³-hybridized carbons (Fsp3) is 0.579. The highest BCUT2D eigenvalue weighted by Crippen LogP contribution is 2.24. The number of amides is 2. The van der Waals surface area contributed by atoms with Gasteiger partial charge in [0.05, 0.1) is 18.8 Å². The van der Waals surface area contributed by atoms with Crippen molar-refractivity contribution in [2.45, 2.75) is 45.4 Å². The Hall–Kier alpha value is -1.44. The largest absolute Gasteiger partial charge is 0.394 e. The van der Waals surface area contributed by atoms with Gasteiger partial charge in [-0.15, -0.1) is 0 Å². The Kier molecular flexibility index (Phi) is 7.20. The van der Waals surface area contributed by atoms with Gasteiger partial charge in [-0.25, -0.2) is 0 Å². The van der Waals surface area contributed by atoms with Crippen LogP contribution in [0.25, 0.3) is 0 Å². The summed E-state index contributed by atoms with van der Waals surface area (Å²) in [5.74, 6) is -0.554. The summed E-state index contributed by atoms with van der Waals surface area (Å²) in [6.45, 7) is 5.67. The molecule has 1 aliphatic rings. The molecular weight excluding hydrogens is 400 g/mol. The minimum Gasteiger partial charge on any atom is -0.394 e. The van der Waals surface area contributed by atoms with E-state index in [9.17, 15) is 19.8 Å². The van der Waals surface area contributed by atoms with Gasteiger partial charge in [0, 0.05) is 23.4 Å². The number of likely N-dealkylation sites (tertiary alicyclic amines) is 1. The average molecular weight is 427 g/mol. The molecule has 0 bridgehead atoms. The van der Waals surface area contributed by atoms with E-state index in [-0.39, 0.29) is 43.2 Å². The molecule has 0 spiro atoms. The second kappa shape index (κ2) is 8.97. The number of carbonyl (C=O) groups excluding carboxylic acids is 2. The van der Waals surface area contributed by atoms with Crippen molar-refractivity contribution in [3.05, 3.63) is 34.3 Å². The van der Waals surface area contributed by atoms with Crippen molar-refractivity contribution < 1.29 is 19.8 Å². The maximum absolute atomic E-state index is 12.8. The molecule has 1 aliphatic heterocycles. The van der Waals surface area contributed by atoms with Crippen molar-refractivity contribution in [1.82, 2.24) is 10.2 Å². The quantitative estimate of drug-likeness (QED) is 0.647. The van der Waals surface area contributed by atoms with Crippen molar-refractivity contribution in [2.75, 3.05) is 13.2 Å². The summed E-state index contributed by atoms with van der Waals surface area (Å²) in [6.07, 6.45) is -0.504. The molecule has 1 fully saturated rings. The highest BCUT2D eigenvalue weighted by molar-refractivity contribution is 9.10. The molecule has 6 nitrogen and oxygen atoms in total. The Labute approximate surface area is 162 Å². The van der Waals surface area contributed by atoms with E-state index in [4.69, 9.17) is 0 Å². The number of hydrogen-bond acceptors (Lipinski definition) is 4. The third-order valence-electron chi connectivity index (χ3n) is 5.03. The van der Waals surface area contributed by atoms with Gasteiger partial charge in [0.2, 0.25) is 11.8 Å². The zero-order chi connectivity index (χ0) is 19.4. The first-order valence-corrected chi connectivity index (χ1v) is 9.69. The Morgan fingerprint density at radius 3 is 2.42 bits per heavy atom. The molecule has 2 rings (SSSR count). The smallest absolute Gasteiger partial charge is 0.243 e. The first-order valence-electron chi connectivity index (χ1n) is 8.89. The molecular formula is C19H27BrN2O4. The summed E-state index contributed by atoms with van der Waals surface area (Å²) in [5, 5.41) is 22.5. The van der Waals surface area contributed by atoms with Crippen molar-refractivity contribution in [3.63, 3.8) is 0 Å². The molecule has 0 saturated carbocycles. The zero-order valence-corrected chi connectivity index (χ0v) is 16.9. The minimum atomic E-state index is -0.719. The predicted octanol–water partition coefficient (Wildman–Crippen LogP) is 1.85. The second-order valence-electron chi connectivity index (χ2n) is 7.22. The Morgan fingerprint density at radius 1 is 1.27 bits per heavy atom. The maximum atomic E-state index is 12.8. The van der Waals surface area contributed by atoms with E-state index in [0.29, 0.717) is 0 Å². The first kappa shape index (κ1) is 20.9. The SMILES string of the molecule is CC(C)C(C)C(=O)N1CC(O)CC1C(=O)NC(CO)c1ccc(Br)cc1. The Balaban J connectivity index is 2.12. The molecule has 0 aromatic heterocycles. The van der Waals surface area contributed by atoms with Crippen LogP contribution in [0, 0.1) is 11.8 Å². The first-order chi connectivity index (χ1) is 12.2. The lowest BCUT2D eigenvalue weighted by molar-refractivity contribution is -0.142. The van der Waals surface area contributed by atoms with E-state index in [1.165, 1.54) is 4.90 Å². The number of carbonyl (C=O) groups is 2. The van der Waals surface area contributed by atoms with E-state index >= 15 is 0 Å². The predicted molar refractivity (Wildman–Crippen MR) is 102 cm³/mol. The second-order valence-corrected chi connectivity index (χ2v) is 8.14. The average Bonchev–Trinajstić information content (AvgIpc) is 3.00. The summed E-state index contributed by atoms with van der Waals surface area (Å²) in [7, 11) is 0. The number of rotatable bonds is 6. The van der Waals surface area contributed by atoms with Gasteiger partial charge in [0.25, 0.3) is 0 Å². The lowest BCUT2D eigenvalue weighted by Crippen LogP contribution is -2.49. The molecule has 0 radical (unpaired) electrons. The van der Waals surface area contributed by atoms with Crippen LogP contribution in [0.2, 0.25) is 0 Å². The number of aliphatic hydroxyl groups is 2. The highest BCUT2D eigenvalue weighted by atomic mass is 79.9. The summed E-state index contributed by atoms with van der Waals surface area (Å²) < 4.78 is 0.905. The molecule has 7 heteroatoms. The highest BCUT2D eigenvalue weighted by Gasteiger charge is 2.41. The van der Waals surface area contributed by atoms with Crippen LogP contribution in [0.15, 0.2) is 28.7 Å². The topological polar surface area (TPSA) is 89.9 Å². The number of halogens is 1. The summed E-state index contributed by atoms with van der Waals surface area (Å²) >= 11 is 3.35. The van der Waals surface area contributed by atoms with Gasteiger partial charge >= 0.3 is 0 Å². The zero-order valence-electron chi connectivity index (χ0n) is 15.4. The number of benzene rings is 1. The van der Waals surface area contributed by atoms with Crippen molar-refractivity contribution in [3.8, 4) is 0 Å². The van der Waals surface area contributed by atoms with E-state index < -0.39 is 18.2 Å². The van der Waals surface area contributed by atoms with Gasteiger partial charge in [-0.1, -0.05) is 48.8 Å². The molecule has 4 atom stereocenters. The fourth-order valence-electron chi connectivity index (χ4n) is 3.05. The van der Waals surface area contributed by atoms with Gasteiger partial charge in [0.15, 0.2) is 0 Å². The molecule has 4 unspecified atom stereocenters. The van der Waals surface area contributed by atoms with Crippen LogP contribution >= 0.6 is 15.9 Å². The number of nitrogens with one attached hydrogen (secondary N) is 1. The molecule has 1 saturated heterocycles. The van der Waals surface area contributed by atoms with Gasteiger partial charge in [-0.05, 0) is 23.6 Å². The lowest BCUT2D eigenvalue weighted by Gasteiger charge is -2.29. The van der Waals surface area contributed by atoms with Crippen LogP contribution < -0.4 is 5.32 Å². The molecule has 26 heavy (non-hydrogen) atoms. The van der Waals surface area contributed by atoms with E-state index in [2.05, 4.69) is 21.2 Å². The monoisotopic (exact) mass is 426 g/mol. The summed E-state index contributed by atoms with van der Waals surface area (Å²) in [4.78, 5) is 26.9. The van der Waals surface area contributed by atoms with Crippen LogP contribution in [0.4, 0.5) is 0 Å². The summed E-state index contributed by atoms with van der Waals surface area (Å²) in [5.41, 5.74) is 0.774. The molecule has 144 valence electrons. The molecule has 1 heterocycles. The van der Waals surface area contributed by atoms with Crippen molar-refractivity contribution in [2.24, 2.45) is 11.8 Å². The van der Waals surface area contributed by atoms with Gasteiger partial charge in [0.1, 0.15) is 6.04 Å². The van der Waals surface area contributed by atoms with E-state index in [1.807, 2.05) is 45.0 Å². The lowest BCUT2D eigenvalue weighted by atomic mass is 9.96. The Morgan fingerprint density at radius 2 is 1.88 bits per heavy atom. The normalized spacial score (nSPS) is 22.3. The maximum Gasteiger partial charge on any atom is 0.243 e. The van der Waals surface area contributed by atoms with Gasteiger partial charge in [-0.2, -0.15) is 0 Å². The van der Waals surface area contributed by atoms with Crippen LogP contribution in [0.5, 0.6) is 0 Å². The van der Waals surface area contributed by atoms with Gasteiger partial charge < -0.3 is 20.4 Å². The third kappa shape index (κ3) is 4.84. The van der Waals surface area contributed by atoms with Gasteiger partial charge in [-0.3, -0.25) is 9.59 Å². The van der Waals surface area contributed by atoms with E-state index in [0.717, 1.165) is 10.0 Å². The molecule has 1 aromatic rings. The van der Waals surface area contributed by atoms with Crippen molar-refractivity contribution >= 4 is 27.7 Å². The Bertz CT molecular complexity index is 635. The fourth-order valence-corrected chi connectivity index (χ4v) is 3.31. The number of β-amino-alcohol motifs (C(OH)–C–C–N with tert-alkyl or cyclic N) is 1. The minimum absolute atomic E-state index is 0.124. The molecule has 0 aliphatic carbocycles. The number of nitrogens with zero attached hydrogens (tertiary/aromatic N) is 1. The van der Waals surface area contributed by atoms with Crippen molar-refractivity contribution in [1.29, 1.82) is 0 Å². The number of aliphatic hydroxyl groups excluding tert-OH is 2.